The van der Waals surface area contributed by atoms with Crippen molar-refractivity contribution in [1.82, 2.24) is 10.2 Å². The maximum absolute atomic E-state index is 11.1. The van der Waals surface area contributed by atoms with Crippen molar-refractivity contribution in [3.05, 3.63) is 0 Å². The van der Waals surface area contributed by atoms with Gasteiger partial charge in [-0.1, -0.05) is 6.42 Å². The molecule has 0 radical (unpaired) electrons. The van der Waals surface area contributed by atoms with Crippen molar-refractivity contribution in [2.75, 3.05) is 26.2 Å². The Labute approximate surface area is 92.0 Å². The van der Waals surface area contributed by atoms with Gasteiger partial charge in [0.1, 0.15) is 0 Å². The summed E-state index contributed by atoms with van der Waals surface area (Å²) in [6, 6.07) is 0.412. The van der Waals surface area contributed by atoms with Crippen LogP contribution < -0.4 is 5.32 Å². The molecule has 0 spiro atoms. The zero-order chi connectivity index (χ0) is 11.1. The van der Waals surface area contributed by atoms with E-state index in [2.05, 4.69) is 17.1 Å². The van der Waals surface area contributed by atoms with Crippen LogP contribution in [0.25, 0.3) is 0 Å². The predicted molar refractivity (Wildman–Crippen MR) is 59.9 cm³/mol. The van der Waals surface area contributed by atoms with Gasteiger partial charge in [-0.15, -0.1) is 0 Å². The molecular formula is C11H22N2O2. The third-order valence-electron chi connectivity index (χ3n) is 2.83. The van der Waals surface area contributed by atoms with E-state index in [0.29, 0.717) is 19.2 Å². The Morgan fingerprint density at radius 1 is 1.40 bits per heavy atom. The van der Waals surface area contributed by atoms with Crippen molar-refractivity contribution in [1.29, 1.82) is 0 Å². The molecular weight excluding hydrogens is 192 g/mol. The number of nitrogens with one attached hydrogen (secondary N) is 1. The van der Waals surface area contributed by atoms with Crippen molar-refractivity contribution >= 4 is 6.09 Å². The molecule has 0 aromatic heterocycles. The minimum atomic E-state index is -0.304. The van der Waals surface area contributed by atoms with Crippen LogP contribution in [0.2, 0.25) is 0 Å². The van der Waals surface area contributed by atoms with E-state index in [1.807, 2.05) is 6.92 Å². The van der Waals surface area contributed by atoms with E-state index in [1.165, 1.54) is 19.3 Å². The monoisotopic (exact) mass is 214 g/mol. The van der Waals surface area contributed by atoms with Crippen LogP contribution in [-0.2, 0) is 4.74 Å². The lowest BCUT2D eigenvalue weighted by molar-refractivity contribution is 0.139. The summed E-state index contributed by atoms with van der Waals surface area (Å²) in [7, 11) is 0. The van der Waals surface area contributed by atoms with Crippen LogP contribution in [-0.4, -0.2) is 43.3 Å². The molecule has 88 valence electrons. The molecule has 4 nitrogen and oxygen atoms in total. The van der Waals surface area contributed by atoms with Crippen LogP contribution in [0.4, 0.5) is 4.79 Å². The fraction of sp³-hybridized carbons (Fsp3) is 0.909. The third kappa shape index (κ3) is 4.51. The number of hydrogen-bond acceptors (Lipinski definition) is 3. The number of alkyl carbamates (subject to hydrolysis) is 1. The molecule has 1 N–H and O–H groups in total. The third-order valence-corrected chi connectivity index (χ3v) is 2.83. The summed E-state index contributed by atoms with van der Waals surface area (Å²) < 4.78 is 4.81. The Morgan fingerprint density at radius 3 is 2.67 bits per heavy atom. The van der Waals surface area contributed by atoms with E-state index in [4.69, 9.17) is 4.74 Å². The molecule has 1 heterocycles. The number of carbonyl (C=O) groups excluding carboxylic acids is 1. The summed E-state index contributed by atoms with van der Waals surface area (Å²) in [5, 5.41) is 2.78. The number of rotatable bonds is 4. The molecule has 0 bridgehead atoms. The van der Waals surface area contributed by atoms with Gasteiger partial charge in [0, 0.05) is 12.6 Å². The standard InChI is InChI=1S/C11H22N2O2/c1-3-15-11(14)12-9-10(2)13-7-5-4-6-8-13/h10H,3-9H2,1-2H3,(H,12,14). The average Bonchev–Trinajstić information content (AvgIpc) is 2.27. The number of piperidine rings is 1. The minimum absolute atomic E-state index is 0.304. The summed E-state index contributed by atoms with van der Waals surface area (Å²) in [5.74, 6) is 0. The van der Waals surface area contributed by atoms with Crippen LogP contribution in [0, 0.1) is 0 Å². The fourth-order valence-electron chi connectivity index (χ4n) is 1.90. The van der Waals surface area contributed by atoms with E-state index in [1.54, 1.807) is 0 Å². The van der Waals surface area contributed by atoms with Gasteiger partial charge in [-0.2, -0.15) is 0 Å². The molecule has 1 amide bonds. The van der Waals surface area contributed by atoms with Gasteiger partial charge in [-0.25, -0.2) is 4.79 Å². The Balaban J connectivity index is 2.16. The molecule has 0 aromatic carbocycles. The first-order valence-electron chi connectivity index (χ1n) is 5.88. The highest BCUT2D eigenvalue weighted by molar-refractivity contribution is 5.67. The first-order chi connectivity index (χ1) is 7.24. The molecule has 1 saturated heterocycles. The van der Waals surface area contributed by atoms with Crippen LogP contribution in [0.5, 0.6) is 0 Å². The average molecular weight is 214 g/mol. The van der Waals surface area contributed by atoms with Crippen LogP contribution in [0.3, 0.4) is 0 Å². The molecule has 15 heavy (non-hydrogen) atoms. The molecule has 0 saturated carbocycles. The van der Waals surface area contributed by atoms with Gasteiger partial charge in [0.05, 0.1) is 6.61 Å². The Kier molecular flexibility index (Phi) is 5.47. The van der Waals surface area contributed by atoms with Crippen molar-refractivity contribution < 1.29 is 9.53 Å². The van der Waals surface area contributed by atoms with Crippen LogP contribution >= 0.6 is 0 Å². The lowest BCUT2D eigenvalue weighted by atomic mass is 10.1. The molecule has 1 unspecified atom stereocenters. The fourth-order valence-corrected chi connectivity index (χ4v) is 1.90. The highest BCUT2D eigenvalue weighted by Gasteiger charge is 2.16. The van der Waals surface area contributed by atoms with E-state index in [9.17, 15) is 4.79 Å². The van der Waals surface area contributed by atoms with Gasteiger partial charge in [0.25, 0.3) is 0 Å². The van der Waals surface area contributed by atoms with Gasteiger partial charge in [0.2, 0.25) is 0 Å². The molecule has 1 aliphatic heterocycles. The van der Waals surface area contributed by atoms with Crippen molar-refractivity contribution in [2.24, 2.45) is 0 Å². The van der Waals surface area contributed by atoms with Crippen LogP contribution in [0.1, 0.15) is 33.1 Å². The second kappa shape index (κ2) is 6.67. The number of ether oxygens (including phenoxy) is 1. The second-order valence-corrected chi connectivity index (χ2v) is 4.05. The van der Waals surface area contributed by atoms with Gasteiger partial charge >= 0.3 is 6.09 Å². The van der Waals surface area contributed by atoms with E-state index < -0.39 is 0 Å². The SMILES string of the molecule is CCOC(=O)NCC(C)N1CCCCC1. The number of nitrogens with zero attached hydrogens (tertiary/aromatic N) is 1. The number of amides is 1. The van der Waals surface area contributed by atoms with E-state index in [-0.39, 0.29) is 6.09 Å². The maximum Gasteiger partial charge on any atom is 0.407 e. The summed E-state index contributed by atoms with van der Waals surface area (Å²) in [4.78, 5) is 13.5. The molecule has 1 rings (SSSR count). The molecule has 0 aliphatic carbocycles. The maximum atomic E-state index is 11.1. The zero-order valence-electron chi connectivity index (χ0n) is 9.79. The lowest BCUT2D eigenvalue weighted by Crippen LogP contribution is -2.44. The second-order valence-electron chi connectivity index (χ2n) is 4.05. The number of carbonyl (C=O) groups is 1. The lowest BCUT2D eigenvalue weighted by Gasteiger charge is -2.32. The predicted octanol–water partition coefficient (Wildman–Crippen LogP) is 1.61. The Bertz CT molecular complexity index is 191. The molecule has 0 aromatic rings. The minimum Gasteiger partial charge on any atom is -0.450 e. The summed E-state index contributed by atoms with van der Waals surface area (Å²) in [5.41, 5.74) is 0. The Hall–Kier alpha value is -0.770. The topological polar surface area (TPSA) is 41.6 Å². The molecule has 4 heteroatoms. The highest BCUT2D eigenvalue weighted by Crippen LogP contribution is 2.11. The summed E-state index contributed by atoms with van der Waals surface area (Å²) >= 11 is 0. The largest absolute Gasteiger partial charge is 0.450 e. The van der Waals surface area contributed by atoms with Crippen molar-refractivity contribution in [3.63, 3.8) is 0 Å². The van der Waals surface area contributed by atoms with Crippen molar-refractivity contribution in [3.8, 4) is 0 Å². The van der Waals surface area contributed by atoms with E-state index in [0.717, 1.165) is 13.1 Å². The number of likely N-dealkylation sites (tertiary alicyclic amines) is 1. The normalized spacial score (nSPS) is 19.6. The van der Waals surface area contributed by atoms with Gasteiger partial charge in [0.15, 0.2) is 0 Å². The Morgan fingerprint density at radius 2 is 2.07 bits per heavy atom. The summed E-state index contributed by atoms with van der Waals surface area (Å²) in [6.45, 7) is 7.39. The highest BCUT2D eigenvalue weighted by atomic mass is 16.5. The quantitative estimate of drug-likeness (QED) is 0.773. The molecule has 1 aliphatic rings. The van der Waals surface area contributed by atoms with E-state index >= 15 is 0 Å². The zero-order valence-corrected chi connectivity index (χ0v) is 9.79. The molecule has 1 fully saturated rings. The first kappa shape index (κ1) is 12.3. The van der Waals surface area contributed by atoms with Gasteiger partial charge in [-0.3, -0.25) is 4.90 Å². The first-order valence-corrected chi connectivity index (χ1v) is 5.88. The van der Waals surface area contributed by atoms with Gasteiger partial charge < -0.3 is 10.1 Å². The van der Waals surface area contributed by atoms with Crippen molar-refractivity contribution in [2.45, 2.75) is 39.2 Å². The number of hydrogen-bond donors (Lipinski definition) is 1. The smallest absolute Gasteiger partial charge is 0.407 e. The van der Waals surface area contributed by atoms with Crippen LogP contribution in [0.15, 0.2) is 0 Å². The molecule has 1 atom stereocenters. The summed E-state index contributed by atoms with van der Waals surface area (Å²) in [6.07, 6.45) is 3.60. The van der Waals surface area contributed by atoms with Gasteiger partial charge in [-0.05, 0) is 39.8 Å².